The van der Waals surface area contributed by atoms with Gasteiger partial charge in [-0.2, -0.15) is 10.5 Å². The molecule has 6 rings (SSSR count). The second-order valence-electron chi connectivity index (χ2n) is 11.5. The third kappa shape index (κ3) is 10.2. The van der Waals surface area contributed by atoms with Crippen LogP contribution in [0.5, 0.6) is 0 Å². The molecule has 0 fully saturated rings. The summed E-state index contributed by atoms with van der Waals surface area (Å²) in [5, 5.41) is 19.1. The molecule has 0 saturated carbocycles. The normalized spacial score (nSPS) is 11.1. The Balaban J connectivity index is 1.29. The van der Waals surface area contributed by atoms with E-state index in [4.69, 9.17) is 0 Å². The Kier molecular flexibility index (Phi) is 17.1. The van der Waals surface area contributed by atoms with Crippen molar-refractivity contribution in [1.29, 1.82) is 10.5 Å². The fourth-order valence-electron chi connectivity index (χ4n) is 5.88. The van der Waals surface area contributed by atoms with Crippen LogP contribution in [0.25, 0.3) is 44.5 Å². The quantitative estimate of drug-likeness (QED) is 0.156. The second kappa shape index (κ2) is 19.8. The highest BCUT2D eigenvalue weighted by atomic mass is 127. The van der Waals surface area contributed by atoms with Crippen LogP contribution in [0.2, 0.25) is 0 Å². The minimum absolute atomic E-state index is 0.738. The highest BCUT2D eigenvalue weighted by Gasteiger charge is 2.20. The molecule has 0 bridgehead atoms. The lowest BCUT2D eigenvalue weighted by Gasteiger charge is -2.17. The van der Waals surface area contributed by atoms with Gasteiger partial charge in [-0.1, -0.05) is 0 Å². The Morgan fingerprint density at radius 3 is 0.698 bits per heavy atom. The molecule has 264 valence electrons. The average molecular weight is 2030 g/mol. The first-order valence-corrected chi connectivity index (χ1v) is 27.8. The predicted octanol–water partition coefficient (Wildman–Crippen LogP) is 16.9. The van der Waals surface area contributed by atoms with Gasteiger partial charge in [0, 0.05) is 65.1 Å². The molecule has 0 radical (unpaired) electrons. The number of hydrogen-bond acceptors (Lipinski definition) is 2. The van der Waals surface area contributed by atoms with Crippen LogP contribution in [-0.2, 0) is 6.42 Å². The van der Waals surface area contributed by atoms with Gasteiger partial charge in [-0.15, -0.1) is 0 Å². The summed E-state index contributed by atoms with van der Waals surface area (Å²) >= 11 is 28.9. The number of rotatable bonds is 6. The molecule has 14 heteroatoms. The Morgan fingerprint density at radius 2 is 0.491 bits per heavy atom. The van der Waals surface area contributed by atoms with E-state index in [1.807, 2.05) is 0 Å². The average Bonchev–Trinajstić information content (AvgIpc) is 3.03. The fourth-order valence-corrected chi connectivity index (χ4v) is 19.7. The summed E-state index contributed by atoms with van der Waals surface area (Å²) in [6.45, 7) is 0. The molecular formula is C39H14I12N2. The first-order chi connectivity index (χ1) is 25.1. The number of hydrogen-bond donors (Lipinski definition) is 0. The molecule has 0 aliphatic carbocycles. The molecule has 0 atom stereocenters. The Bertz CT molecular complexity index is 2290. The zero-order chi connectivity index (χ0) is 38.5. The largest absolute Gasteiger partial charge is 0.192 e. The molecule has 0 aromatic heterocycles. The molecule has 6 aromatic carbocycles. The highest BCUT2D eigenvalue weighted by molar-refractivity contribution is 14.1. The Labute approximate surface area is 472 Å². The van der Waals surface area contributed by atoms with Crippen molar-refractivity contribution in [2.45, 2.75) is 6.42 Å². The van der Waals surface area contributed by atoms with Crippen LogP contribution < -0.4 is 0 Å². The molecular weight excluding hydrogens is 2020 g/mol. The van der Waals surface area contributed by atoms with Gasteiger partial charge in [-0.05, 0) is 384 Å². The fraction of sp³-hybridized carbons (Fsp3) is 0.0256. The van der Waals surface area contributed by atoms with Crippen molar-refractivity contribution in [3.63, 3.8) is 0 Å². The van der Waals surface area contributed by atoms with Gasteiger partial charge in [0.2, 0.25) is 0 Å². The third-order valence-electron chi connectivity index (χ3n) is 8.16. The first-order valence-electron chi connectivity index (χ1n) is 14.9. The van der Waals surface area contributed by atoms with Crippen LogP contribution in [-0.4, -0.2) is 0 Å². The minimum atomic E-state index is 0.738. The molecule has 0 heterocycles. The predicted molar refractivity (Wildman–Crippen MR) is 319 cm³/mol. The van der Waals surface area contributed by atoms with Crippen molar-refractivity contribution in [2.24, 2.45) is 0 Å². The summed E-state index contributed by atoms with van der Waals surface area (Å²) in [5.41, 5.74) is 13.7. The van der Waals surface area contributed by atoms with E-state index in [1.54, 1.807) is 0 Å². The molecule has 0 spiro atoms. The van der Waals surface area contributed by atoms with Gasteiger partial charge in [0.05, 0.1) is 11.1 Å². The van der Waals surface area contributed by atoms with E-state index in [1.165, 1.54) is 73.1 Å². The van der Waals surface area contributed by atoms with Crippen LogP contribution in [0.3, 0.4) is 0 Å². The lowest BCUT2D eigenvalue weighted by atomic mass is 9.96. The molecule has 6 aromatic rings. The van der Waals surface area contributed by atoms with Crippen LogP contribution >= 0.6 is 271 Å². The summed E-state index contributed by atoms with van der Waals surface area (Å²) in [5.74, 6) is 0. The summed E-state index contributed by atoms with van der Waals surface area (Å²) < 4.78 is 13.6. The van der Waals surface area contributed by atoms with Gasteiger partial charge in [0.15, 0.2) is 0 Å². The Morgan fingerprint density at radius 1 is 0.302 bits per heavy atom. The summed E-state index contributed by atoms with van der Waals surface area (Å²) in [4.78, 5) is 0. The molecule has 0 aliphatic rings. The van der Waals surface area contributed by atoms with Crippen molar-refractivity contribution in [2.75, 3.05) is 0 Å². The third-order valence-corrected chi connectivity index (χ3v) is 18.4. The lowest BCUT2D eigenvalue weighted by molar-refractivity contribution is 1.18. The second-order valence-corrected chi connectivity index (χ2v) is 25.5. The van der Waals surface area contributed by atoms with E-state index < -0.39 is 0 Å². The van der Waals surface area contributed by atoms with E-state index in [9.17, 15) is 10.5 Å². The van der Waals surface area contributed by atoms with Crippen molar-refractivity contribution in [3.05, 3.63) is 138 Å². The molecule has 0 saturated heterocycles. The van der Waals surface area contributed by atoms with Crippen LogP contribution in [0.15, 0.2) is 72.8 Å². The number of nitrogens with zero attached hydrogens (tertiary/aromatic N) is 2. The van der Waals surface area contributed by atoms with Gasteiger partial charge in [0.25, 0.3) is 0 Å². The maximum absolute atomic E-state index is 9.57. The van der Waals surface area contributed by atoms with Crippen molar-refractivity contribution in [1.82, 2.24) is 0 Å². The highest BCUT2D eigenvalue weighted by Crippen LogP contribution is 2.42. The minimum Gasteiger partial charge on any atom is -0.192 e. The number of nitriles is 2. The SMILES string of the molecule is N#Cc1c(I)cc(-c2c(I)cc(-c3c(I)cc(Cc4cc(I)c(-c5cc(I)c(-c6cc(I)c(C#N)c(I)c6)c(I)c5)c(I)c4)cc3I)cc2I)cc1I. The molecule has 0 unspecified atom stereocenters. The van der Waals surface area contributed by atoms with E-state index in [0.717, 1.165) is 43.0 Å². The Hall–Kier alpha value is 3.06. The van der Waals surface area contributed by atoms with Gasteiger partial charge >= 0.3 is 0 Å². The van der Waals surface area contributed by atoms with E-state index in [0.29, 0.717) is 0 Å². The summed E-state index contributed by atoms with van der Waals surface area (Å²) in [6.07, 6.45) is 0.854. The standard InChI is InChI=1S/C39H14I12N2/c40-24-6-18(7-25(41)22(24)14-52)38-32(48)10-20(11-33(38)49)36-28(44)2-16(3-29(36)45)1-17-4-30(46)37(31(47)5-17)21-12-34(50)39(35(51)13-21)19-8-26(42)23(15-53)27(43)9-19/h2-13H,1H2. The van der Waals surface area contributed by atoms with Gasteiger partial charge in [-0.25, -0.2) is 0 Å². The van der Waals surface area contributed by atoms with Crippen molar-refractivity contribution >= 4 is 271 Å². The van der Waals surface area contributed by atoms with Crippen molar-refractivity contribution in [3.8, 4) is 56.6 Å². The zero-order valence-electron chi connectivity index (χ0n) is 26.1. The monoisotopic (exact) mass is 2030 g/mol. The van der Waals surface area contributed by atoms with Crippen LogP contribution in [0.4, 0.5) is 0 Å². The topological polar surface area (TPSA) is 47.6 Å². The maximum atomic E-state index is 9.57. The molecule has 53 heavy (non-hydrogen) atoms. The van der Waals surface area contributed by atoms with Crippen molar-refractivity contribution < 1.29 is 0 Å². The van der Waals surface area contributed by atoms with Gasteiger partial charge in [-0.3, -0.25) is 0 Å². The maximum Gasteiger partial charge on any atom is 0.101 e. The molecule has 0 N–H and O–H groups in total. The number of benzene rings is 6. The molecule has 0 aliphatic heterocycles. The zero-order valence-corrected chi connectivity index (χ0v) is 52.0. The molecule has 0 amide bonds. The van der Waals surface area contributed by atoms with Crippen LogP contribution in [0.1, 0.15) is 22.3 Å². The molecule has 2 nitrogen and oxygen atoms in total. The van der Waals surface area contributed by atoms with Gasteiger partial charge < -0.3 is 0 Å². The smallest absolute Gasteiger partial charge is 0.101 e. The summed E-state index contributed by atoms with van der Waals surface area (Å²) in [6, 6.07) is 31.6. The first kappa shape index (κ1) is 45.6. The lowest BCUT2D eigenvalue weighted by Crippen LogP contribution is -1.99. The van der Waals surface area contributed by atoms with E-state index in [2.05, 4.69) is 356 Å². The van der Waals surface area contributed by atoms with E-state index in [-0.39, 0.29) is 0 Å². The number of halogens is 12. The van der Waals surface area contributed by atoms with Gasteiger partial charge in [0.1, 0.15) is 12.1 Å². The van der Waals surface area contributed by atoms with Crippen LogP contribution in [0, 0.1) is 65.5 Å². The van der Waals surface area contributed by atoms with E-state index >= 15 is 0 Å². The summed E-state index contributed by atoms with van der Waals surface area (Å²) in [7, 11) is 0.